The number of ether oxygens (including phenoxy) is 1. The molecule has 0 radical (unpaired) electrons. The van der Waals surface area contributed by atoms with Gasteiger partial charge >= 0.3 is 5.97 Å². The number of aromatic nitrogens is 1. The number of fused-ring (bicyclic) bond motifs is 6. The molecule has 0 saturated carbocycles. The molecule has 0 aliphatic heterocycles. The van der Waals surface area contributed by atoms with Crippen molar-refractivity contribution in [3.05, 3.63) is 65.9 Å². The average molecular weight is 359 g/mol. The van der Waals surface area contributed by atoms with Crippen LogP contribution in [-0.4, -0.2) is 23.3 Å². The summed E-state index contributed by atoms with van der Waals surface area (Å²) in [6, 6.07) is 17.6. The van der Waals surface area contributed by atoms with E-state index >= 15 is 0 Å². The van der Waals surface area contributed by atoms with E-state index in [1.807, 2.05) is 73.7 Å². The van der Waals surface area contributed by atoms with E-state index in [2.05, 4.69) is 0 Å². The highest BCUT2D eigenvalue weighted by Crippen LogP contribution is 2.35. The fraction of sp³-hybridized carbons (Fsp3) is 0.217. The Labute approximate surface area is 157 Å². The molecule has 2 aromatic carbocycles. The van der Waals surface area contributed by atoms with E-state index in [1.54, 1.807) is 6.07 Å². The maximum atomic E-state index is 13.2. The Kier molecular flexibility index (Phi) is 3.81. The largest absolute Gasteiger partial charge is 0.465 e. The van der Waals surface area contributed by atoms with Crippen molar-refractivity contribution >= 4 is 38.9 Å². The van der Waals surface area contributed by atoms with E-state index in [0.29, 0.717) is 16.8 Å². The van der Waals surface area contributed by atoms with Crippen molar-refractivity contribution in [1.82, 2.24) is 4.40 Å². The molecule has 0 N–H and O–H groups in total. The lowest BCUT2D eigenvalue weighted by atomic mass is 9.89. The number of nitrogens with zero attached hydrogens (tertiary/aromatic N) is 1. The van der Waals surface area contributed by atoms with Crippen LogP contribution in [0, 0.1) is 5.41 Å². The zero-order chi connectivity index (χ0) is 19.3. The maximum Gasteiger partial charge on any atom is 0.340 e. The van der Waals surface area contributed by atoms with Crippen LogP contribution in [0.15, 0.2) is 54.6 Å². The number of para-hydroxylation sites is 1. The van der Waals surface area contributed by atoms with Crippen LogP contribution >= 0.6 is 0 Å². The first kappa shape index (κ1) is 17.3. The number of hydrogen-bond donors (Lipinski definition) is 0. The summed E-state index contributed by atoms with van der Waals surface area (Å²) in [6.45, 7) is 5.65. The van der Waals surface area contributed by atoms with Crippen molar-refractivity contribution in [2.24, 2.45) is 5.41 Å². The Bertz CT molecular complexity index is 1230. The highest BCUT2D eigenvalue weighted by Gasteiger charge is 2.29. The van der Waals surface area contributed by atoms with Crippen LogP contribution in [-0.2, 0) is 4.74 Å². The summed E-state index contributed by atoms with van der Waals surface area (Å²) in [5.74, 6) is -0.464. The summed E-state index contributed by atoms with van der Waals surface area (Å²) < 4.78 is 6.93. The average Bonchev–Trinajstić information content (AvgIpc) is 3.07. The van der Waals surface area contributed by atoms with Crippen molar-refractivity contribution in [2.75, 3.05) is 7.11 Å². The van der Waals surface area contributed by atoms with Crippen LogP contribution in [0.2, 0.25) is 0 Å². The summed E-state index contributed by atoms with van der Waals surface area (Å²) >= 11 is 0. The molecule has 4 nitrogen and oxygen atoms in total. The summed E-state index contributed by atoms with van der Waals surface area (Å²) in [7, 11) is 1.36. The molecule has 0 spiro atoms. The Morgan fingerprint density at radius 3 is 2.11 bits per heavy atom. The predicted molar refractivity (Wildman–Crippen MR) is 108 cm³/mol. The molecule has 0 bridgehead atoms. The van der Waals surface area contributed by atoms with Gasteiger partial charge in [0.1, 0.15) is 0 Å². The zero-order valence-corrected chi connectivity index (χ0v) is 15.9. The Balaban J connectivity index is 2.31. The van der Waals surface area contributed by atoms with Gasteiger partial charge in [-0.1, -0.05) is 63.2 Å². The number of ketones is 1. The lowest BCUT2D eigenvalue weighted by Gasteiger charge is -2.18. The fourth-order valence-electron chi connectivity index (χ4n) is 3.66. The van der Waals surface area contributed by atoms with Gasteiger partial charge in [-0.2, -0.15) is 0 Å². The number of methoxy groups -OCH3 is 1. The summed E-state index contributed by atoms with van der Waals surface area (Å²) in [5.41, 5.74) is 1.94. The number of Topliss-reactive ketones (excluding diaryl/α,β-unsaturated/α-hetero) is 1. The van der Waals surface area contributed by atoms with Gasteiger partial charge in [0.15, 0.2) is 5.78 Å². The molecule has 4 rings (SSSR count). The topological polar surface area (TPSA) is 47.8 Å². The lowest BCUT2D eigenvalue weighted by Crippen LogP contribution is -2.21. The fourth-order valence-corrected chi connectivity index (χ4v) is 3.66. The second-order valence-corrected chi connectivity index (χ2v) is 7.76. The third-order valence-electron chi connectivity index (χ3n) is 4.94. The molecule has 27 heavy (non-hydrogen) atoms. The quantitative estimate of drug-likeness (QED) is 0.279. The molecule has 136 valence electrons. The maximum absolute atomic E-state index is 13.2. The van der Waals surface area contributed by atoms with Gasteiger partial charge in [-0.05, 0) is 17.5 Å². The first-order chi connectivity index (χ1) is 12.8. The third kappa shape index (κ3) is 2.52. The van der Waals surface area contributed by atoms with Crippen LogP contribution in [0.5, 0.6) is 0 Å². The second-order valence-electron chi connectivity index (χ2n) is 7.76. The number of hydrogen-bond acceptors (Lipinski definition) is 3. The number of pyridine rings is 1. The van der Waals surface area contributed by atoms with E-state index in [4.69, 9.17) is 4.74 Å². The summed E-state index contributed by atoms with van der Waals surface area (Å²) in [5, 5.41) is 3.00. The van der Waals surface area contributed by atoms with Crippen molar-refractivity contribution < 1.29 is 14.3 Å². The van der Waals surface area contributed by atoms with E-state index in [1.165, 1.54) is 7.11 Å². The van der Waals surface area contributed by atoms with Gasteiger partial charge in [-0.15, -0.1) is 0 Å². The van der Waals surface area contributed by atoms with E-state index in [0.717, 1.165) is 21.7 Å². The molecular formula is C23H21NO3. The van der Waals surface area contributed by atoms with Crippen molar-refractivity contribution in [3.63, 3.8) is 0 Å². The molecule has 4 aromatic rings. The molecule has 0 aliphatic rings. The van der Waals surface area contributed by atoms with Crippen LogP contribution < -0.4 is 0 Å². The van der Waals surface area contributed by atoms with Crippen molar-refractivity contribution in [2.45, 2.75) is 20.8 Å². The molecule has 0 aliphatic carbocycles. The third-order valence-corrected chi connectivity index (χ3v) is 4.94. The van der Waals surface area contributed by atoms with Gasteiger partial charge in [-0.25, -0.2) is 4.79 Å². The molecule has 0 unspecified atom stereocenters. The van der Waals surface area contributed by atoms with Gasteiger partial charge in [0.25, 0.3) is 0 Å². The second kappa shape index (κ2) is 5.95. The van der Waals surface area contributed by atoms with E-state index in [-0.39, 0.29) is 5.78 Å². The standard InChI is InChI=1S/C23H21NO3/c1-23(2,3)21(25)19-13-17(22(26)27-4)20-16-11-6-5-9-14(16)15-10-7-8-12-18(15)24(19)20/h5-13H,1-4H3. The monoisotopic (exact) mass is 359 g/mol. The molecule has 2 heterocycles. The molecule has 2 aromatic heterocycles. The first-order valence-electron chi connectivity index (χ1n) is 8.92. The molecule has 0 saturated heterocycles. The highest BCUT2D eigenvalue weighted by molar-refractivity contribution is 6.19. The first-order valence-corrected chi connectivity index (χ1v) is 8.92. The van der Waals surface area contributed by atoms with Gasteiger partial charge in [-0.3, -0.25) is 4.79 Å². The van der Waals surface area contributed by atoms with Gasteiger partial charge in [0.2, 0.25) is 0 Å². The normalized spacial score (nSPS) is 12.0. The molecular weight excluding hydrogens is 338 g/mol. The zero-order valence-electron chi connectivity index (χ0n) is 15.9. The summed E-state index contributed by atoms with van der Waals surface area (Å²) in [6.07, 6.45) is 0. The molecule has 4 heteroatoms. The van der Waals surface area contributed by atoms with Crippen LogP contribution in [0.1, 0.15) is 41.6 Å². The minimum atomic E-state index is -0.575. The van der Waals surface area contributed by atoms with Crippen molar-refractivity contribution in [1.29, 1.82) is 0 Å². The molecule has 0 fully saturated rings. The predicted octanol–water partition coefficient (Wildman–Crippen LogP) is 5.26. The van der Waals surface area contributed by atoms with Crippen molar-refractivity contribution in [3.8, 4) is 0 Å². The Morgan fingerprint density at radius 1 is 0.889 bits per heavy atom. The highest BCUT2D eigenvalue weighted by atomic mass is 16.5. The Morgan fingerprint density at radius 2 is 1.48 bits per heavy atom. The number of rotatable bonds is 2. The molecule has 0 atom stereocenters. The lowest BCUT2D eigenvalue weighted by molar-refractivity contribution is 0.0603. The summed E-state index contributed by atoms with van der Waals surface area (Å²) in [4.78, 5) is 25.8. The Hall–Kier alpha value is -3.14. The van der Waals surface area contributed by atoms with Crippen LogP contribution in [0.25, 0.3) is 27.2 Å². The van der Waals surface area contributed by atoms with Gasteiger partial charge < -0.3 is 9.14 Å². The smallest absolute Gasteiger partial charge is 0.340 e. The van der Waals surface area contributed by atoms with Gasteiger partial charge in [0, 0.05) is 16.2 Å². The number of benzene rings is 2. The van der Waals surface area contributed by atoms with E-state index < -0.39 is 11.4 Å². The number of carbonyl (C=O) groups is 2. The SMILES string of the molecule is COC(=O)c1cc(C(=O)C(C)(C)C)n2c3ccccc3c3ccccc3c12. The minimum absolute atomic E-state index is 0.0203. The number of esters is 1. The van der Waals surface area contributed by atoms with Crippen LogP contribution in [0.3, 0.4) is 0 Å². The minimum Gasteiger partial charge on any atom is -0.465 e. The van der Waals surface area contributed by atoms with E-state index in [9.17, 15) is 9.59 Å². The number of carbonyl (C=O) groups excluding carboxylic acids is 2. The van der Waals surface area contributed by atoms with Gasteiger partial charge in [0.05, 0.1) is 29.4 Å². The molecule has 0 amide bonds. The van der Waals surface area contributed by atoms with Crippen LogP contribution in [0.4, 0.5) is 0 Å².